The van der Waals surface area contributed by atoms with E-state index in [9.17, 15) is 18.0 Å². The van der Waals surface area contributed by atoms with Crippen molar-refractivity contribution < 1.29 is 22.7 Å². The van der Waals surface area contributed by atoms with Gasteiger partial charge < -0.3 is 9.64 Å². The maximum Gasteiger partial charge on any atom is 0.434 e. The number of carbonyl (C=O) groups excluding carboxylic acids is 1. The average molecular weight is 445 g/mol. The number of likely N-dealkylation sites (tertiary alicyclic amines) is 1. The van der Waals surface area contributed by atoms with Crippen molar-refractivity contribution in [3.05, 3.63) is 54.5 Å². The lowest BCUT2D eigenvalue weighted by Crippen LogP contribution is -2.51. The molecule has 3 aromatic heterocycles. The molecule has 2 aliphatic rings. The fourth-order valence-electron chi connectivity index (χ4n) is 4.56. The Morgan fingerprint density at radius 2 is 1.88 bits per heavy atom. The van der Waals surface area contributed by atoms with Crippen molar-refractivity contribution in [2.24, 2.45) is 5.92 Å². The third-order valence-electron chi connectivity index (χ3n) is 6.04. The maximum absolute atomic E-state index is 13.5. The van der Waals surface area contributed by atoms with E-state index in [0.717, 1.165) is 12.6 Å². The Labute approximate surface area is 180 Å². The Hall–Kier alpha value is -3.57. The quantitative estimate of drug-likeness (QED) is 0.609. The first-order valence-corrected chi connectivity index (χ1v) is 10.0. The molecule has 0 spiro atoms. The second-order valence-corrected chi connectivity index (χ2v) is 7.84. The second kappa shape index (κ2) is 7.53. The van der Waals surface area contributed by atoms with Gasteiger partial charge in [0.15, 0.2) is 11.4 Å². The standard InChI is InChI=1S/C20H18F3N7O2/c1-11-12-7-14(15(8-12)32-17-10-25-16(9-26-17)20(21,22)23)29(11)19(31)18-13(3-2-4-24-18)30-27-5-6-28-30/h2-6,9-12,14-15H,7-8H2,1H3/t11?,12?,14?,15-/m0/s1. The molecular formula is C20H18F3N7O2. The summed E-state index contributed by atoms with van der Waals surface area (Å²) in [6.07, 6.45) is 2.60. The molecule has 1 amide bonds. The van der Waals surface area contributed by atoms with E-state index in [-0.39, 0.29) is 35.5 Å². The van der Waals surface area contributed by atoms with E-state index in [0.29, 0.717) is 18.3 Å². The first kappa shape index (κ1) is 20.3. The van der Waals surface area contributed by atoms with Crippen LogP contribution < -0.4 is 4.74 Å². The second-order valence-electron chi connectivity index (χ2n) is 7.84. The van der Waals surface area contributed by atoms with Gasteiger partial charge in [-0.25, -0.2) is 15.0 Å². The molecular weight excluding hydrogens is 427 g/mol. The van der Waals surface area contributed by atoms with Gasteiger partial charge in [-0.3, -0.25) is 4.79 Å². The molecule has 1 aliphatic carbocycles. The van der Waals surface area contributed by atoms with Gasteiger partial charge in [-0.05, 0) is 37.8 Å². The highest BCUT2D eigenvalue weighted by Crippen LogP contribution is 2.44. The van der Waals surface area contributed by atoms with Crippen LogP contribution in [0.25, 0.3) is 5.69 Å². The van der Waals surface area contributed by atoms with Crippen LogP contribution in [0.15, 0.2) is 43.1 Å². The topological polar surface area (TPSA) is 98.9 Å². The molecule has 9 nitrogen and oxygen atoms in total. The van der Waals surface area contributed by atoms with Gasteiger partial charge in [0.2, 0.25) is 5.88 Å². The molecule has 166 valence electrons. The summed E-state index contributed by atoms with van der Waals surface area (Å²) in [6.45, 7) is 1.98. The fraction of sp³-hybridized carbons (Fsp3) is 0.400. The molecule has 1 saturated heterocycles. The van der Waals surface area contributed by atoms with Crippen molar-refractivity contribution in [1.82, 2.24) is 34.8 Å². The molecule has 32 heavy (non-hydrogen) atoms. The van der Waals surface area contributed by atoms with Crippen molar-refractivity contribution in [3.8, 4) is 11.6 Å². The van der Waals surface area contributed by atoms with E-state index in [1.165, 1.54) is 23.4 Å². The molecule has 0 radical (unpaired) electrons. The molecule has 2 fully saturated rings. The lowest BCUT2D eigenvalue weighted by molar-refractivity contribution is -0.141. The molecule has 4 atom stereocenters. The Balaban J connectivity index is 1.38. The minimum Gasteiger partial charge on any atom is -0.471 e. The number of carbonyl (C=O) groups is 1. The highest BCUT2D eigenvalue weighted by molar-refractivity contribution is 5.96. The number of pyridine rings is 1. The molecule has 0 N–H and O–H groups in total. The van der Waals surface area contributed by atoms with Gasteiger partial charge in [0, 0.05) is 12.2 Å². The summed E-state index contributed by atoms with van der Waals surface area (Å²) in [5.74, 6) is -0.0779. The zero-order chi connectivity index (χ0) is 22.5. The summed E-state index contributed by atoms with van der Waals surface area (Å²) < 4.78 is 44.0. The van der Waals surface area contributed by atoms with Gasteiger partial charge in [-0.2, -0.15) is 23.4 Å². The molecule has 1 saturated carbocycles. The van der Waals surface area contributed by atoms with Crippen LogP contribution in [0.1, 0.15) is 35.9 Å². The molecule has 12 heteroatoms. The van der Waals surface area contributed by atoms with Crippen LogP contribution in [0.5, 0.6) is 5.88 Å². The SMILES string of the molecule is CC1C2CC([C@@H](Oc3cnc(C(F)(F)F)cn3)C2)N1C(=O)c1ncccc1-n1nccn1. The van der Waals surface area contributed by atoms with Gasteiger partial charge in [0.25, 0.3) is 5.91 Å². The van der Waals surface area contributed by atoms with Crippen molar-refractivity contribution in [2.45, 2.75) is 44.1 Å². The maximum atomic E-state index is 13.5. The Kier molecular flexibility index (Phi) is 4.79. The molecule has 2 bridgehead atoms. The number of piperidine rings is 1. The summed E-state index contributed by atoms with van der Waals surface area (Å²) >= 11 is 0. The molecule has 3 unspecified atom stereocenters. The summed E-state index contributed by atoms with van der Waals surface area (Å²) in [5.41, 5.74) is -0.405. The summed E-state index contributed by atoms with van der Waals surface area (Å²) in [7, 11) is 0. The third kappa shape index (κ3) is 3.45. The summed E-state index contributed by atoms with van der Waals surface area (Å²) in [4.78, 5) is 28.0. The van der Waals surface area contributed by atoms with E-state index in [1.807, 2.05) is 6.92 Å². The van der Waals surface area contributed by atoms with E-state index in [4.69, 9.17) is 4.74 Å². The monoisotopic (exact) mass is 445 g/mol. The molecule has 4 heterocycles. The third-order valence-corrected chi connectivity index (χ3v) is 6.04. The van der Waals surface area contributed by atoms with Gasteiger partial charge in [0.1, 0.15) is 11.8 Å². The van der Waals surface area contributed by atoms with Crippen LogP contribution >= 0.6 is 0 Å². The number of fused-ring (bicyclic) bond motifs is 2. The van der Waals surface area contributed by atoms with E-state index < -0.39 is 18.0 Å². The lowest BCUT2D eigenvalue weighted by atomic mass is 9.98. The lowest BCUT2D eigenvalue weighted by Gasteiger charge is -2.37. The minimum absolute atomic E-state index is 0.00475. The average Bonchev–Trinajstić information content (AvgIpc) is 3.50. The van der Waals surface area contributed by atoms with Crippen LogP contribution in [0.4, 0.5) is 13.2 Å². The van der Waals surface area contributed by atoms with Crippen molar-refractivity contribution >= 4 is 5.91 Å². The van der Waals surface area contributed by atoms with Crippen molar-refractivity contribution in [3.63, 3.8) is 0 Å². The Bertz CT molecular complexity index is 1120. The number of nitrogens with zero attached hydrogens (tertiary/aromatic N) is 7. The van der Waals surface area contributed by atoms with Gasteiger partial charge in [0.05, 0.1) is 30.8 Å². The van der Waals surface area contributed by atoms with Gasteiger partial charge >= 0.3 is 6.18 Å². The molecule has 5 rings (SSSR count). The van der Waals surface area contributed by atoms with Crippen molar-refractivity contribution in [2.75, 3.05) is 0 Å². The highest BCUT2D eigenvalue weighted by atomic mass is 19.4. The zero-order valence-corrected chi connectivity index (χ0v) is 16.8. The largest absolute Gasteiger partial charge is 0.471 e. The van der Waals surface area contributed by atoms with Gasteiger partial charge in [-0.15, -0.1) is 4.80 Å². The smallest absolute Gasteiger partial charge is 0.434 e. The van der Waals surface area contributed by atoms with E-state index in [1.54, 1.807) is 17.0 Å². The summed E-state index contributed by atoms with van der Waals surface area (Å²) in [6, 6.07) is 3.12. The first-order valence-electron chi connectivity index (χ1n) is 10.0. The van der Waals surface area contributed by atoms with Crippen LogP contribution in [0.3, 0.4) is 0 Å². The minimum atomic E-state index is -4.57. The van der Waals surface area contributed by atoms with Gasteiger partial charge in [-0.1, -0.05) is 0 Å². The first-order chi connectivity index (χ1) is 15.3. The number of rotatable bonds is 4. The molecule has 1 aliphatic heterocycles. The van der Waals surface area contributed by atoms with Crippen LogP contribution in [0.2, 0.25) is 0 Å². The predicted molar refractivity (Wildman–Crippen MR) is 103 cm³/mol. The molecule has 0 aromatic carbocycles. The number of hydrogen-bond donors (Lipinski definition) is 0. The highest BCUT2D eigenvalue weighted by Gasteiger charge is 2.53. The Morgan fingerprint density at radius 1 is 1.09 bits per heavy atom. The number of aromatic nitrogens is 6. The number of halogens is 3. The van der Waals surface area contributed by atoms with Crippen molar-refractivity contribution in [1.29, 1.82) is 0 Å². The Morgan fingerprint density at radius 3 is 2.53 bits per heavy atom. The predicted octanol–water partition coefficient (Wildman–Crippen LogP) is 2.54. The van der Waals surface area contributed by atoms with Crippen LogP contribution in [-0.2, 0) is 6.18 Å². The number of hydrogen-bond acceptors (Lipinski definition) is 7. The molecule has 3 aromatic rings. The van der Waals surface area contributed by atoms with Crippen LogP contribution in [0, 0.1) is 5.92 Å². The van der Waals surface area contributed by atoms with Crippen LogP contribution in [-0.4, -0.2) is 58.9 Å². The number of alkyl halides is 3. The normalized spacial score (nSPS) is 24.7. The number of ether oxygens (including phenoxy) is 1. The van der Waals surface area contributed by atoms with E-state index >= 15 is 0 Å². The van der Waals surface area contributed by atoms with E-state index in [2.05, 4.69) is 25.1 Å². The number of amides is 1. The summed E-state index contributed by atoms with van der Waals surface area (Å²) in [5, 5.41) is 8.19. The zero-order valence-electron chi connectivity index (χ0n) is 16.8. The fourth-order valence-corrected chi connectivity index (χ4v) is 4.56.